The Hall–Kier alpha value is -2.12. The third kappa shape index (κ3) is 4.31. The molecule has 0 fully saturated rings. The van der Waals surface area contributed by atoms with Crippen LogP contribution in [-0.4, -0.2) is 43.0 Å². The molecule has 28 heavy (non-hydrogen) atoms. The van der Waals surface area contributed by atoms with Crippen molar-refractivity contribution in [3.8, 4) is 11.8 Å². The van der Waals surface area contributed by atoms with Gasteiger partial charge in [0, 0.05) is 24.2 Å². The smallest absolute Gasteiger partial charge is 0.392 e. The van der Waals surface area contributed by atoms with Gasteiger partial charge in [0.25, 0.3) is 0 Å². The zero-order chi connectivity index (χ0) is 20.4. The molecule has 150 valence electrons. The van der Waals surface area contributed by atoms with Gasteiger partial charge in [0.1, 0.15) is 0 Å². The highest BCUT2D eigenvalue weighted by Gasteiger charge is 2.53. The third-order valence-corrected chi connectivity index (χ3v) is 6.07. The summed E-state index contributed by atoms with van der Waals surface area (Å²) in [5.41, 5.74) is -3.31. The number of nitrogens with one attached hydrogen (secondary N) is 1. The van der Waals surface area contributed by atoms with E-state index in [0.717, 1.165) is 18.5 Å². The number of aliphatic hydroxyl groups excluding tert-OH is 1. The Morgan fingerprint density at radius 2 is 1.86 bits per heavy atom. The van der Waals surface area contributed by atoms with E-state index in [2.05, 4.69) is 17.2 Å². The van der Waals surface area contributed by atoms with E-state index in [-0.39, 0.29) is 6.61 Å². The van der Waals surface area contributed by atoms with Crippen LogP contribution in [0.15, 0.2) is 47.6 Å². The normalized spacial score (nSPS) is 20.9. The second-order valence-corrected chi connectivity index (χ2v) is 8.36. The van der Waals surface area contributed by atoms with Crippen molar-refractivity contribution in [1.29, 1.82) is 0 Å². The number of rotatable bonds is 3. The van der Waals surface area contributed by atoms with Crippen LogP contribution in [0.5, 0.6) is 0 Å². The first-order chi connectivity index (χ1) is 13.2. The van der Waals surface area contributed by atoms with Crippen LogP contribution in [-0.2, 0) is 16.6 Å². The average molecular weight is 412 g/mol. The van der Waals surface area contributed by atoms with E-state index in [4.69, 9.17) is 5.11 Å². The molecule has 0 aliphatic carbocycles. The first kappa shape index (κ1) is 20.6. The van der Waals surface area contributed by atoms with E-state index in [9.17, 15) is 21.6 Å². The molecule has 2 aliphatic rings. The lowest BCUT2D eigenvalue weighted by molar-refractivity contribution is -0.0491. The standard InChI is InChI=1S/C19H19F3N2O3S/c20-19(21,22)28(26,27)24-12-16(4-3-14-2-1-9-23-11-14)10-18(24)17-7-5-15(13-25)6-8-17/h2,5-8,10,18,23,25H,1,9,11-13H2/t18-/m0/s1. The van der Waals surface area contributed by atoms with Gasteiger partial charge in [-0.1, -0.05) is 42.2 Å². The number of halogens is 3. The predicted molar refractivity (Wildman–Crippen MR) is 98.2 cm³/mol. The fourth-order valence-corrected chi connectivity index (χ4v) is 4.08. The summed E-state index contributed by atoms with van der Waals surface area (Å²) in [7, 11) is -5.53. The van der Waals surface area contributed by atoms with Crippen LogP contribution in [0, 0.1) is 11.8 Å². The molecule has 5 nitrogen and oxygen atoms in total. The van der Waals surface area contributed by atoms with Gasteiger partial charge in [-0.3, -0.25) is 0 Å². The molecule has 0 bridgehead atoms. The van der Waals surface area contributed by atoms with Crippen LogP contribution >= 0.6 is 0 Å². The Morgan fingerprint density at radius 3 is 2.43 bits per heavy atom. The second-order valence-electron chi connectivity index (χ2n) is 6.48. The molecule has 2 N–H and O–H groups in total. The third-order valence-electron chi connectivity index (χ3n) is 4.51. The summed E-state index contributed by atoms with van der Waals surface area (Å²) < 4.78 is 64.0. The molecule has 0 saturated heterocycles. The molecule has 1 aromatic rings. The Morgan fingerprint density at radius 1 is 1.18 bits per heavy atom. The molecular formula is C19H19F3N2O3S. The number of hydrogen-bond donors (Lipinski definition) is 2. The Balaban J connectivity index is 1.95. The van der Waals surface area contributed by atoms with Crippen molar-refractivity contribution >= 4 is 10.0 Å². The van der Waals surface area contributed by atoms with E-state index < -0.39 is 28.1 Å². The fourth-order valence-electron chi connectivity index (χ4n) is 3.02. The number of nitrogens with zero attached hydrogens (tertiary/aromatic N) is 1. The molecular weight excluding hydrogens is 393 g/mol. The largest absolute Gasteiger partial charge is 0.511 e. The van der Waals surface area contributed by atoms with Gasteiger partial charge in [-0.15, -0.1) is 0 Å². The summed E-state index contributed by atoms with van der Waals surface area (Å²) >= 11 is 0. The lowest BCUT2D eigenvalue weighted by Gasteiger charge is -2.25. The lowest BCUT2D eigenvalue weighted by atomic mass is 10.1. The van der Waals surface area contributed by atoms with Gasteiger partial charge in [0.2, 0.25) is 0 Å². The van der Waals surface area contributed by atoms with E-state index >= 15 is 0 Å². The van der Waals surface area contributed by atoms with Gasteiger partial charge in [-0.25, -0.2) is 8.42 Å². The highest BCUT2D eigenvalue weighted by Crippen LogP contribution is 2.38. The summed E-state index contributed by atoms with van der Waals surface area (Å²) in [5, 5.41) is 12.3. The molecule has 1 aromatic carbocycles. The monoisotopic (exact) mass is 412 g/mol. The molecule has 0 amide bonds. The molecule has 3 rings (SSSR count). The van der Waals surface area contributed by atoms with E-state index in [1.54, 1.807) is 12.1 Å². The number of benzene rings is 1. The molecule has 0 unspecified atom stereocenters. The van der Waals surface area contributed by atoms with Crippen molar-refractivity contribution in [2.45, 2.75) is 24.6 Å². The van der Waals surface area contributed by atoms with Gasteiger partial charge in [-0.2, -0.15) is 17.5 Å². The number of aliphatic hydroxyl groups is 1. The van der Waals surface area contributed by atoms with Gasteiger partial charge in [0.05, 0.1) is 12.6 Å². The molecule has 0 radical (unpaired) electrons. The Labute approximate surface area is 161 Å². The van der Waals surface area contributed by atoms with Crippen LogP contribution in [0.25, 0.3) is 0 Å². The summed E-state index contributed by atoms with van der Waals surface area (Å²) in [6.45, 7) is 0.765. The molecule has 1 atom stereocenters. The Bertz CT molecular complexity index is 955. The summed E-state index contributed by atoms with van der Waals surface area (Å²) in [6, 6.07) is 5.00. The van der Waals surface area contributed by atoms with Crippen molar-refractivity contribution in [3.63, 3.8) is 0 Å². The minimum absolute atomic E-state index is 0.217. The summed E-state index contributed by atoms with van der Waals surface area (Å²) in [4.78, 5) is 0. The fraction of sp³-hybridized carbons (Fsp3) is 0.368. The number of sulfonamides is 1. The van der Waals surface area contributed by atoms with Crippen molar-refractivity contribution in [2.24, 2.45) is 0 Å². The van der Waals surface area contributed by atoms with Crippen molar-refractivity contribution in [1.82, 2.24) is 9.62 Å². The SMILES string of the molecule is O=S(=O)(N1CC(C#CC2=CCCNC2)=C[C@H]1c1ccc(CO)cc1)C(F)(F)F. The van der Waals surface area contributed by atoms with Gasteiger partial charge in [-0.05, 0) is 30.2 Å². The zero-order valence-electron chi connectivity index (χ0n) is 14.8. The maximum Gasteiger partial charge on any atom is 0.511 e. The van der Waals surface area contributed by atoms with Crippen LogP contribution in [0.1, 0.15) is 23.6 Å². The van der Waals surface area contributed by atoms with Crippen LogP contribution in [0.2, 0.25) is 0 Å². The molecule has 2 aliphatic heterocycles. The van der Waals surface area contributed by atoms with Crippen LogP contribution < -0.4 is 5.32 Å². The van der Waals surface area contributed by atoms with E-state index in [1.165, 1.54) is 18.2 Å². The minimum atomic E-state index is -5.53. The van der Waals surface area contributed by atoms with Crippen molar-refractivity contribution in [3.05, 3.63) is 58.7 Å². The molecule has 0 aromatic heterocycles. The van der Waals surface area contributed by atoms with E-state index in [0.29, 0.717) is 27.5 Å². The van der Waals surface area contributed by atoms with E-state index in [1.807, 2.05) is 6.08 Å². The first-order valence-electron chi connectivity index (χ1n) is 8.62. The number of alkyl halides is 3. The quantitative estimate of drug-likeness (QED) is 0.748. The Kier molecular flexibility index (Phi) is 5.95. The maximum absolute atomic E-state index is 13.2. The molecule has 0 spiro atoms. The molecule has 2 heterocycles. The van der Waals surface area contributed by atoms with Gasteiger partial charge in [0.15, 0.2) is 0 Å². The average Bonchev–Trinajstić information content (AvgIpc) is 3.11. The van der Waals surface area contributed by atoms with Crippen molar-refractivity contribution in [2.75, 3.05) is 19.6 Å². The van der Waals surface area contributed by atoms with Crippen molar-refractivity contribution < 1.29 is 26.7 Å². The molecule has 9 heteroatoms. The van der Waals surface area contributed by atoms with Gasteiger partial charge < -0.3 is 10.4 Å². The second kappa shape index (κ2) is 8.09. The topological polar surface area (TPSA) is 69.6 Å². The highest BCUT2D eigenvalue weighted by atomic mass is 32.2. The first-order valence-corrected chi connectivity index (χ1v) is 10.1. The maximum atomic E-state index is 13.2. The summed E-state index contributed by atoms with van der Waals surface area (Å²) in [5.74, 6) is 5.73. The highest BCUT2D eigenvalue weighted by molar-refractivity contribution is 7.90. The minimum Gasteiger partial charge on any atom is -0.392 e. The summed E-state index contributed by atoms with van der Waals surface area (Å²) in [6.07, 6.45) is 4.22. The lowest BCUT2D eigenvalue weighted by Crippen LogP contribution is -2.40. The van der Waals surface area contributed by atoms with Gasteiger partial charge >= 0.3 is 15.5 Å². The number of hydrogen-bond acceptors (Lipinski definition) is 4. The predicted octanol–water partition coefficient (Wildman–Crippen LogP) is 2.23. The van der Waals surface area contributed by atoms with Crippen LogP contribution in [0.3, 0.4) is 0 Å². The van der Waals surface area contributed by atoms with Crippen LogP contribution in [0.4, 0.5) is 13.2 Å². The molecule has 0 saturated carbocycles. The zero-order valence-corrected chi connectivity index (χ0v) is 15.6.